The molecule has 0 radical (unpaired) electrons. The second kappa shape index (κ2) is 9.68. The minimum absolute atomic E-state index is 0.0436. The average Bonchev–Trinajstić information content (AvgIpc) is 3.08. The second-order valence-electron chi connectivity index (χ2n) is 7.22. The summed E-state index contributed by atoms with van der Waals surface area (Å²) in [6.45, 7) is 0. The van der Waals surface area contributed by atoms with Crippen LogP contribution in [0.1, 0.15) is 10.4 Å². The number of benzene rings is 3. The molecule has 9 heteroatoms. The van der Waals surface area contributed by atoms with Gasteiger partial charge >= 0.3 is 0 Å². The Morgan fingerprint density at radius 2 is 1.29 bits per heavy atom. The molecule has 0 saturated carbocycles. The molecule has 34 heavy (non-hydrogen) atoms. The predicted octanol–water partition coefficient (Wildman–Crippen LogP) is 4.39. The number of carbonyl (C=O) groups is 3. The summed E-state index contributed by atoms with van der Waals surface area (Å²) in [6.07, 6.45) is 0. The minimum Gasteiger partial charge on any atom is -0.497 e. The monoisotopic (exact) mass is 477 g/mol. The molecule has 3 aromatic rings. The third-order valence-electron chi connectivity index (χ3n) is 5.12. The minimum atomic E-state index is -0.630. The molecule has 0 fully saturated rings. The number of methoxy groups -OCH3 is 2. The highest BCUT2D eigenvalue weighted by Crippen LogP contribution is 2.31. The predicted molar refractivity (Wildman–Crippen MR) is 129 cm³/mol. The van der Waals surface area contributed by atoms with E-state index < -0.39 is 11.8 Å². The van der Waals surface area contributed by atoms with E-state index in [4.69, 9.17) is 21.1 Å². The number of imide groups is 1. The third kappa shape index (κ3) is 4.57. The molecule has 0 bridgehead atoms. The van der Waals surface area contributed by atoms with Gasteiger partial charge in [-0.1, -0.05) is 11.6 Å². The first-order chi connectivity index (χ1) is 16.4. The van der Waals surface area contributed by atoms with Gasteiger partial charge in [0, 0.05) is 16.9 Å². The molecule has 0 aromatic heterocycles. The van der Waals surface area contributed by atoms with Crippen molar-refractivity contribution in [2.75, 3.05) is 29.8 Å². The maximum Gasteiger partial charge on any atom is 0.283 e. The maximum absolute atomic E-state index is 12.9. The molecule has 0 aliphatic carbocycles. The number of rotatable bonds is 7. The van der Waals surface area contributed by atoms with Gasteiger partial charge in [-0.05, 0) is 72.8 Å². The quantitative estimate of drug-likeness (QED) is 0.490. The average molecular weight is 478 g/mol. The molecule has 1 heterocycles. The lowest BCUT2D eigenvalue weighted by molar-refractivity contribution is -0.120. The van der Waals surface area contributed by atoms with E-state index in [1.807, 2.05) is 0 Å². The van der Waals surface area contributed by atoms with Crippen molar-refractivity contribution in [1.82, 2.24) is 0 Å². The van der Waals surface area contributed by atoms with Gasteiger partial charge in [0.2, 0.25) is 0 Å². The molecule has 3 aromatic carbocycles. The zero-order valence-electron chi connectivity index (χ0n) is 18.3. The van der Waals surface area contributed by atoms with Gasteiger partial charge in [-0.3, -0.25) is 14.4 Å². The molecule has 3 amide bonds. The van der Waals surface area contributed by atoms with Crippen molar-refractivity contribution in [2.45, 2.75) is 0 Å². The van der Waals surface area contributed by atoms with Gasteiger partial charge in [0.25, 0.3) is 17.7 Å². The van der Waals surface area contributed by atoms with Crippen LogP contribution >= 0.6 is 11.6 Å². The SMILES string of the molecule is COc1ccc(NC(=O)c2ccc(NC3=C(Cl)C(=O)N(c4ccc(OC)cc4)C3=O)cc2)cc1. The Morgan fingerprint density at radius 3 is 1.85 bits per heavy atom. The lowest BCUT2D eigenvalue weighted by Crippen LogP contribution is -2.32. The van der Waals surface area contributed by atoms with Crippen molar-refractivity contribution < 1.29 is 23.9 Å². The standard InChI is InChI=1S/C25H20ClN3O5/c1-33-19-11-7-17(8-12-19)28-23(30)15-3-5-16(6-4-15)27-22-21(26)24(31)29(25(22)32)18-9-13-20(34-2)14-10-18/h3-14,27H,1-2H3,(H,28,30). The fraction of sp³-hybridized carbons (Fsp3) is 0.0800. The number of hydrogen-bond donors (Lipinski definition) is 2. The summed E-state index contributed by atoms with van der Waals surface area (Å²) in [7, 11) is 3.09. The summed E-state index contributed by atoms with van der Waals surface area (Å²) in [5, 5.41) is 5.46. The second-order valence-corrected chi connectivity index (χ2v) is 7.60. The van der Waals surface area contributed by atoms with Gasteiger partial charge in [-0.25, -0.2) is 4.90 Å². The summed E-state index contributed by atoms with van der Waals surface area (Å²) >= 11 is 6.18. The number of anilines is 3. The van der Waals surface area contributed by atoms with Crippen LogP contribution in [0.5, 0.6) is 11.5 Å². The number of carbonyl (C=O) groups excluding carboxylic acids is 3. The molecular formula is C25H20ClN3O5. The lowest BCUT2D eigenvalue weighted by Gasteiger charge is -2.15. The Labute approximate surface area is 200 Å². The van der Waals surface area contributed by atoms with E-state index in [1.54, 1.807) is 79.9 Å². The highest BCUT2D eigenvalue weighted by atomic mass is 35.5. The highest BCUT2D eigenvalue weighted by molar-refractivity contribution is 6.53. The normalized spacial score (nSPS) is 13.2. The number of halogens is 1. The van der Waals surface area contributed by atoms with E-state index in [9.17, 15) is 14.4 Å². The van der Waals surface area contributed by atoms with Crippen LogP contribution in [0, 0.1) is 0 Å². The number of ether oxygens (including phenoxy) is 2. The van der Waals surface area contributed by atoms with Gasteiger partial charge < -0.3 is 20.1 Å². The fourth-order valence-electron chi connectivity index (χ4n) is 3.30. The Morgan fingerprint density at radius 1 is 0.765 bits per heavy atom. The molecule has 8 nitrogen and oxygen atoms in total. The van der Waals surface area contributed by atoms with E-state index in [2.05, 4.69) is 10.6 Å². The largest absolute Gasteiger partial charge is 0.497 e. The molecule has 1 aliphatic rings. The number of amides is 3. The highest BCUT2D eigenvalue weighted by Gasteiger charge is 2.38. The summed E-state index contributed by atoms with van der Waals surface area (Å²) in [5.41, 5.74) is 1.86. The molecule has 4 rings (SSSR count). The fourth-order valence-corrected chi connectivity index (χ4v) is 3.52. The topological polar surface area (TPSA) is 97.0 Å². The molecule has 2 N–H and O–H groups in total. The smallest absolute Gasteiger partial charge is 0.283 e. The van der Waals surface area contributed by atoms with Gasteiger partial charge in [-0.2, -0.15) is 0 Å². The van der Waals surface area contributed by atoms with Crippen LogP contribution in [0.25, 0.3) is 0 Å². The molecule has 1 aliphatic heterocycles. The Kier molecular flexibility index (Phi) is 6.51. The van der Waals surface area contributed by atoms with Crippen LogP contribution in [0.4, 0.5) is 17.1 Å². The number of nitrogens with zero attached hydrogens (tertiary/aromatic N) is 1. The van der Waals surface area contributed by atoms with Gasteiger partial charge in [0.1, 0.15) is 22.2 Å². The Hall–Kier alpha value is -4.30. The zero-order valence-corrected chi connectivity index (χ0v) is 19.1. The summed E-state index contributed by atoms with van der Waals surface area (Å²) < 4.78 is 10.2. The van der Waals surface area contributed by atoms with E-state index in [1.165, 1.54) is 7.11 Å². The van der Waals surface area contributed by atoms with Crippen LogP contribution in [0.2, 0.25) is 0 Å². The van der Waals surface area contributed by atoms with E-state index in [-0.39, 0.29) is 16.6 Å². The van der Waals surface area contributed by atoms with Crippen molar-refractivity contribution in [2.24, 2.45) is 0 Å². The number of hydrogen-bond acceptors (Lipinski definition) is 6. The van der Waals surface area contributed by atoms with Crippen LogP contribution in [0.15, 0.2) is 83.5 Å². The van der Waals surface area contributed by atoms with Crippen LogP contribution in [-0.2, 0) is 9.59 Å². The van der Waals surface area contributed by atoms with E-state index >= 15 is 0 Å². The lowest BCUT2D eigenvalue weighted by atomic mass is 10.2. The van der Waals surface area contributed by atoms with Gasteiger partial charge in [-0.15, -0.1) is 0 Å². The van der Waals surface area contributed by atoms with Crippen molar-refractivity contribution in [3.05, 3.63) is 89.1 Å². The van der Waals surface area contributed by atoms with Gasteiger partial charge in [0.05, 0.1) is 19.9 Å². The van der Waals surface area contributed by atoms with Crippen LogP contribution in [-0.4, -0.2) is 31.9 Å². The Bertz CT molecular complexity index is 1270. The first-order valence-corrected chi connectivity index (χ1v) is 10.5. The first-order valence-electron chi connectivity index (χ1n) is 10.2. The van der Waals surface area contributed by atoms with Crippen LogP contribution in [0.3, 0.4) is 0 Å². The maximum atomic E-state index is 12.9. The molecule has 0 atom stereocenters. The van der Waals surface area contributed by atoms with Crippen LogP contribution < -0.4 is 25.0 Å². The molecule has 0 spiro atoms. The molecule has 0 unspecified atom stereocenters. The first kappa shape index (κ1) is 22.9. The van der Waals surface area contributed by atoms with Gasteiger partial charge in [0.15, 0.2) is 0 Å². The van der Waals surface area contributed by atoms with Crippen molar-refractivity contribution >= 4 is 46.4 Å². The summed E-state index contributed by atoms with van der Waals surface area (Å²) in [6, 6.07) is 19.9. The summed E-state index contributed by atoms with van der Waals surface area (Å²) in [5.74, 6) is -0.230. The zero-order chi connectivity index (χ0) is 24.2. The molecular weight excluding hydrogens is 458 g/mol. The van der Waals surface area contributed by atoms with Crippen molar-refractivity contribution in [3.63, 3.8) is 0 Å². The molecule has 172 valence electrons. The Balaban J connectivity index is 1.45. The number of nitrogens with one attached hydrogen (secondary N) is 2. The van der Waals surface area contributed by atoms with Crippen molar-refractivity contribution in [3.8, 4) is 11.5 Å². The van der Waals surface area contributed by atoms with E-state index in [0.717, 1.165) is 4.90 Å². The third-order valence-corrected chi connectivity index (χ3v) is 5.47. The van der Waals surface area contributed by atoms with Crippen molar-refractivity contribution in [1.29, 1.82) is 0 Å². The van der Waals surface area contributed by atoms with E-state index in [0.29, 0.717) is 34.1 Å². The molecule has 0 saturated heterocycles. The summed E-state index contributed by atoms with van der Waals surface area (Å²) in [4.78, 5) is 39.0.